The number of carbonyl (C=O) groups is 1. The number of hydrogen-bond acceptors (Lipinski definition) is 6. The number of aromatic nitrogens is 3. The molecular weight excluding hydrogens is 344 g/mol. The fourth-order valence-electron chi connectivity index (χ4n) is 5.04. The Morgan fingerprint density at radius 2 is 2.26 bits per heavy atom. The van der Waals surface area contributed by atoms with Crippen LogP contribution in [0.25, 0.3) is 11.4 Å². The zero-order valence-electron chi connectivity index (χ0n) is 15.3. The molecule has 27 heavy (non-hydrogen) atoms. The Labute approximate surface area is 158 Å². The number of amides is 1. The summed E-state index contributed by atoms with van der Waals surface area (Å²) in [4.78, 5) is 23.9. The summed E-state index contributed by atoms with van der Waals surface area (Å²) in [6, 6.07) is 3.79. The smallest absolute Gasteiger partial charge is 0.235 e. The molecular formula is C20H24N4O3. The third kappa shape index (κ3) is 2.84. The van der Waals surface area contributed by atoms with E-state index < -0.39 is 0 Å². The Morgan fingerprint density at radius 1 is 1.30 bits per heavy atom. The molecule has 142 valence electrons. The van der Waals surface area contributed by atoms with Gasteiger partial charge in [0.25, 0.3) is 0 Å². The molecule has 0 bridgehead atoms. The van der Waals surface area contributed by atoms with Gasteiger partial charge in [0.1, 0.15) is 0 Å². The molecule has 0 radical (unpaired) electrons. The minimum absolute atomic E-state index is 0.00302. The average molecular weight is 368 g/mol. The van der Waals surface area contributed by atoms with E-state index in [0.717, 1.165) is 50.8 Å². The van der Waals surface area contributed by atoms with Gasteiger partial charge in [0.2, 0.25) is 17.6 Å². The minimum Gasteiger partial charge on any atom is -0.381 e. The van der Waals surface area contributed by atoms with Crippen molar-refractivity contribution in [2.24, 2.45) is 11.8 Å². The van der Waals surface area contributed by atoms with Crippen molar-refractivity contribution < 1.29 is 14.1 Å². The predicted molar refractivity (Wildman–Crippen MR) is 96.7 cm³/mol. The number of carbonyl (C=O) groups excluding carboxylic acids is 1. The summed E-state index contributed by atoms with van der Waals surface area (Å²) < 4.78 is 11.3. The second-order valence-electron chi connectivity index (χ2n) is 8.04. The van der Waals surface area contributed by atoms with Gasteiger partial charge < -0.3 is 14.2 Å². The number of likely N-dealkylation sites (tertiary alicyclic amines) is 1. The highest BCUT2D eigenvalue weighted by Gasteiger charge is 2.55. The van der Waals surface area contributed by atoms with Crippen molar-refractivity contribution in [2.45, 2.75) is 37.5 Å². The first-order chi connectivity index (χ1) is 13.3. The fourth-order valence-corrected chi connectivity index (χ4v) is 5.04. The van der Waals surface area contributed by atoms with E-state index in [4.69, 9.17) is 14.2 Å². The molecule has 1 aliphatic carbocycles. The molecule has 1 saturated carbocycles. The Morgan fingerprint density at radius 3 is 3.07 bits per heavy atom. The lowest BCUT2D eigenvalue weighted by atomic mass is 9.80. The van der Waals surface area contributed by atoms with Gasteiger partial charge in [-0.2, -0.15) is 4.98 Å². The van der Waals surface area contributed by atoms with Crippen LogP contribution >= 0.6 is 0 Å². The molecule has 0 spiro atoms. The number of nitrogens with zero attached hydrogens (tertiary/aromatic N) is 4. The maximum absolute atomic E-state index is 13.0. The SMILES string of the molecule is O=C(C1CCCOC1)N1C[C@H]2CCC[C@@]2(c2nc(-c3cccnc3)no2)C1. The molecule has 3 fully saturated rings. The molecule has 7 nitrogen and oxygen atoms in total. The zero-order valence-corrected chi connectivity index (χ0v) is 15.3. The highest BCUT2D eigenvalue weighted by atomic mass is 16.5. The number of rotatable bonds is 3. The van der Waals surface area contributed by atoms with Crippen LogP contribution in [0.1, 0.15) is 38.0 Å². The van der Waals surface area contributed by atoms with Crippen molar-refractivity contribution in [2.75, 3.05) is 26.3 Å². The molecule has 0 N–H and O–H groups in total. The van der Waals surface area contributed by atoms with Crippen molar-refractivity contribution in [3.63, 3.8) is 0 Å². The monoisotopic (exact) mass is 368 g/mol. The highest BCUT2D eigenvalue weighted by molar-refractivity contribution is 5.79. The van der Waals surface area contributed by atoms with Gasteiger partial charge in [-0.15, -0.1) is 0 Å². The predicted octanol–water partition coefficient (Wildman–Crippen LogP) is 2.44. The average Bonchev–Trinajstić information content (AvgIpc) is 3.43. The Balaban J connectivity index is 1.40. The molecule has 0 aromatic carbocycles. The molecule has 2 aromatic heterocycles. The van der Waals surface area contributed by atoms with Gasteiger partial charge in [-0.25, -0.2) is 0 Å². The van der Waals surface area contributed by atoms with E-state index in [1.807, 2.05) is 17.0 Å². The first-order valence-corrected chi connectivity index (χ1v) is 9.87. The van der Waals surface area contributed by atoms with Crippen LogP contribution in [0.2, 0.25) is 0 Å². The molecule has 7 heteroatoms. The minimum atomic E-state index is -0.196. The van der Waals surface area contributed by atoms with Crippen LogP contribution in [0.3, 0.4) is 0 Å². The summed E-state index contributed by atoms with van der Waals surface area (Å²) in [5.41, 5.74) is 0.655. The quantitative estimate of drug-likeness (QED) is 0.828. The van der Waals surface area contributed by atoms with Crippen LogP contribution in [0.15, 0.2) is 29.0 Å². The topological polar surface area (TPSA) is 81.4 Å². The molecule has 2 saturated heterocycles. The molecule has 3 atom stereocenters. The van der Waals surface area contributed by atoms with E-state index in [9.17, 15) is 4.79 Å². The fraction of sp³-hybridized carbons (Fsp3) is 0.600. The largest absolute Gasteiger partial charge is 0.381 e. The maximum atomic E-state index is 13.0. The third-order valence-electron chi connectivity index (χ3n) is 6.46. The highest BCUT2D eigenvalue weighted by Crippen LogP contribution is 2.50. The van der Waals surface area contributed by atoms with Gasteiger partial charge in [-0.3, -0.25) is 9.78 Å². The number of fused-ring (bicyclic) bond motifs is 1. The van der Waals surface area contributed by atoms with Crippen molar-refractivity contribution >= 4 is 5.91 Å². The summed E-state index contributed by atoms with van der Waals surface area (Å²) in [7, 11) is 0. The van der Waals surface area contributed by atoms with E-state index in [1.165, 1.54) is 0 Å². The first kappa shape index (κ1) is 16.9. The van der Waals surface area contributed by atoms with Crippen LogP contribution < -0.4 is 0 Å². The molecule has 1 unspecified atom stereocenters. The summed E-state index contributed by atoms with van der Waals surface area (Å²) in [6.07, 6.45) is 8.62. The van der Waals surface area contributed by atoms with Gasteiger partial charge >= 0.3 is 0 Å². The molecule has 5 rings (SSSR count). The Hall–Kier alpha value is -2.28. The van der Waals surface area contributed by atoms with Gasteiger partial charge in [0.15, 0.2) is 0 Å². The van der Waals surface area contributed by atoms with Crippen LogP contribution in [0.5, 0.6) is 0 Å². The molecule has 4 heterocycles. The van der Waals surface area contributed by atoms with Gasteiger partial charge in [-0.05, 0) is 43.7 Å². The van der Waals surface area contributed by atoms with E-state index in [0.29, 0.717) is 30.8 Å². The third-order valence-corrected chi connectivity index (χ3v) is 6.46. The van der Waals surface area contributed by atoms with Crippen LogP contribution in [-0.2, 0) is 14.9 Å². The summed E-state index contributed by atoms with van der Waals surface area (Å²) in [5.74, 6) is 1.88. The van der Waals surface area contributed by atoms with E-state index in [-0.39, 0.29) is 17.2 Å². The van der Waals surface area contributed by atoms with Crippen molar-refractivity contribution in [1.82, 2.24) is 20.0 Å². The first-order valence-electron chi connectivity index (χ1n) is 9.87. The molecule has 3 aliphatic rings. The van der Waals surface area contributed by atoms with Crippen molar-refractivity contribution in [3.8, 4) is 11.4 Å². The zero-order chi connectivity index (χ0) is 18.3. The van der Waals surface area contributed by atoms with E-state index >= 15 is 0 Å². The second-order valence-corrected chi connectivity index (χ2v) is 8.04. The van der Waals surface area contributed by atoms with Gasteiger partial charge in [0.05, 0.1) is 17.9 Å². The lowest BCUT2D eigenvalue weighted by Gasteiger charge is -2.28. The standard InChI is InChI=1S/C20H24N4O3/c25-18(15-5-3-9-26-12-15)24-11-16-6-1-7-20(16,13-24)19-22-17(23-27-19)14-4-2-8-21-10-14/h2,4,8,10,15-16H,1,3,5-7,9,11-13H2/t15?,16-,20-/m1/s1. The van der Waals surface area contributed by atoms with E-state index in [2.05, 4.69) is 10.1 Å². The normalized spacial score (nSPS) is 30.4. The Bertz CT molecular complexity index is 818. The summed E-state index contributed by atoms with van der Waals surface area (Å²) in [5, 5.41) is 4.20. The molecule has 2 aliphatic heterocycles. The van der Waals surface area contributed by atoms with E-state index in [1.54, 1.807) is 12.4 Å². The van der Waals surface area contributed by atoms with Crippen molar-refractivity contribution in [1.29, 1.82) is 0 Å². The van der Waals surface area contributed by atoms with Gasteiger partial charge in [-0.1, -0.05) is 11.6 Å². The molecule has 1 amide bonds. The lowest BCUT2D eigenvalue weighted by Crippen LogP contribution is -2.40. The number of pyridine rings is 1. The van der Waals surface area contributed by atoms with Crippen LogP contribution in [0, 0.1) is 11.8 Å². The lowest BCUT2D eigenvalue weighted by molar-refractivity contribution is -0.139. The van der Waals surface area contributed by atoms with Crippen molar-refractivity contribution in [3.05, 3.63) is 30.4 Å². The Kier molecular flexibility index (Phi) is 4.19. The summed E-state index contributed by atoms with van der Waals surface area (Å²) in [6.45, 7) is 2.80. The summed E-state index contributed by atoms with van der Waals surface area (Å²) >= 11 is 0. The van der Waals surface area contributed by atoms with Crippen LogP contribution in [0.4, 0.5) is 0 Å². The molecule has 2 aromatic rings. The maximum Gasteiger partial charge on any atom is 0.235 e. The number of ether oxygens (including phenoxy) is 1. The number of hydrogen-bond donors (Lipinski definition) is 0. The second kappa shape index (κ2) is 6.71. The van der Waals surface area contributed by atoms with Crippen LogP contribution in [-0.4, -0.2) is 52.2 Å². The van der Waals surface area contributed by atoms with Gasteiger partial charge in [0, 0.05) is 37.7 Å².